The molecule has 1 amide bonds. The van der Waals surface area contributed by atoms with E-state index >= 15 is 0 Å². The van der Waals surface area contributed by atoms with E-state index in [4.69, 9.17) is 4.74 Å². The second kappa shape index (κ2) is 11.0. The van der Waals surface area contributed by atoms with E-state index in [-0.39, 0.29) is 11.5 Å². The Balaban J connectivity index is 1.21. The molecule has 7 heteroatoms. The lowest BCUT2D eigenvalue weighted by Crippen LogP contribution is -2.31. The Bertz CT molecular complexity index is 1830. The van der Waals surface area contributed by atoms with Crippen LogP contribution in [0.5, 0.6) is 11.5 Å². The molecule has 6 nitrogen and oxygen atoms in total. The number of carbonyl (C=O) groups excluding carboxylic acids is 1. The topological polar surface area (TPSA) is 73.2 Å². The average molecular weight is 544 g/mol. The van der Waals surface area contributed by atoms with Crippen molar-refractivity contribution in [3.05, 3.63) is 131 Å². The van der Waals surface area contributed by atoms with Crippen LogP contribution in [0.15, 0.2) is 126 Å². The molecule has 0 bridgehead atoms. The zero-order chi connectivity index (χ0) is 27.5. The first-order valence-corrected chi connectivity index (χ1v) is 13.7. The normalized spacial score (nSPS) is 11.7. The van der Waals surface area contributed by atoms with Crippen LogP contribution in [0, 0.1) is 0 Å². The number of anilines is 1. The third-order valence-electron chi connectivity index (χ3n) is 6.72. The zero-order valence-corrected chi connectivity index (χ0v) is 22.5. The van der Waals surface area contributed by atoms with Crippen LogP contribution in [0.3, 0.4) is 0 Å². The fourth-order valence-corrected chi connectivity index (χ4v) is 5.42. The van der Waals surface area contributed by atoms with Crippen molar-refractivity contribution in [3.8, 4) is 33.8 Å². The summed E-state index contributed by atoms with van der Waals surface area (Å²) < 4.78 is 7.20. The zero-order valence-electron chi connectivity index (χ0n) is 21.7. The molecule has 0 saturated heterocycles. The highest BCUT2D eigenvalue weighted by Gasteiger charge is 2.20. The maximum absolute atomic E-state index is 13.6. The molecular formula is C33H25N3O3S. The van der Waals surface area contributed by atoms with Crippen molar-refractivity contribution in [2.75, 3.05) is 5.32 Å². The number of rotatable bonds is 7. The minimum absolute atomic E-state index is 0.248. The van der Waals surface area contributed by atoms with E-state index in [0.29, 0.717) is 21.7 Å². The Hall–Kier alpha value is -5.01. The number of nitrogens with one attached hydrogen (secondary N) is 1. The van der Waals surface area contributed by atoms with Gasteiger partial charge in [0.2, 0.25) is 5.91 Å². The van der Waals surface area contributed by atoms with Gasteiger partial charge in [0, 0.05) is 16.6 Å². The number of benzene rings is 4. The number of hydrogen-bond donors (Lipinski definition) is 1. The van der Waals surface area contributed by atoms with Crippen LogP contribution < -0.4 is 15.6 Å². The molecule has 2 heterocycles. The Labute approximate surface area is 235 Å². The van der Waals surface area contributed by atoms with Crippen LogP contribution >= 0.6 is 11.3 Å². The number of thiophene rings is 1. The first kappa shape index (κ1) is 25.3. The molecular weight excluding hydrogens is 518 g/mol. The predicted octanol–water partition coefficient (Wildman–Crippen LogP) is 7.78. The molecule has 0 spiro atoms. The van der Waals surface area contributed by atoms with Crippen LogP contribution in [0.1, 0.15) is 13.0 Å². The summed E-state index contributed by atoms with van der Waals surface area (Å²) in [5.74, 6) is 1.07. The Morgan fingerprint density at radius 3 is 2.10 bits per heavy atom. The van der Waals surface area contributed by atoms with Gasteiger partial charge in [-0.15, -0.1) is 11.3 Å². The van der Waals surface area contributed by atoms with E-state index in [0.717, 1.165) is 28.0 Å². The van der Waals surface area contributed by atoms with Crippen LogP contribution in [0.2, 0.25) is 0 Å². The molecule has 40 heavy (non-hydrogen) atoms. The Kier molecular flexibility index (Phi) is 6.95. The summed E-state index contributed by atoms with van der Waals surface area (Å²) in [6.07, 6.45) is 1.45. The number of fused-ring (bicyclic) bond motifs is 1. The van der Waals surface area contributed by atoms with Gasteiger partial charge < -0.3 is 10.1 Å². The van der Waals surface area contributed by atoms with Crippen molar-refractivity contribution in [2.24, 2.45) is 0 Å². The van der Waals surface area contributed by atoms with Gasteiger partial charge in [-0.05, 0) is 60.0 Å². The van der Waals surface area contributed by atoms with Gasteiger partial charge in [-0.1, -0.05) is 72.8 Å². The number of nitrogens with zero attached hydrogens (tertiary/aromatic N) is 2. The summed E-state index contributed by atoms with van der Waals surface area (Å²) >= 11 is 1.42. The summed E-state index contributed by atoms with van der Waals surface area (Å²) in [6, 6.07) is 34.1. The molecule has 1 unspecified atom stereocenters. The first-order valence-electron chi connectivity index (χ1n) is 12.8. The van der Waals surface area contributed by atoms with Crippen molar-refractivity contribution in [3.63, 3.8) is 0 Å². The van der Waals surface area contributed by atoms with Crippen LogP contribution in [-0.4, -0.2) is 15.5 Å². The van der Waals surface area contributed by atoms with Crippen LogP contribution in [0.4, 0.5) is 5.69 Å². The predicted molar refractivity (Wildman–Crippen MR) is 161 cm³/mol. The highest BCUT2D eigenvalue weighted by molar-refractivity contribution is 7.17. The lowest BCUT2D eigenvalue weighted by Gasteiger charge is -2.15. The summed E-state index contributed by atoms with van der Waals surface area (Å²) in [5.41, 5.74) is 4.33. The highest BCUT2D eigenvalue weighted by Crippen LogP contribution is 2.32. The molecule has 0 saturated carbocycles. The molecule has 4 aromatic carbocycles. The molecule has 2 aromatic heterocycles. The molecule has 0 radical (unpaired) electrons. The van der Waals surface area contributed by atoms with Gasteiger partial charge in [-0.2, -0.15) is 0 Å². The summed E-state index contributed by atoms with van der Waals surface area (Å²) in [4.78, 5) is 31.9. The largest absolute Gasteiger partial charge is 0.457 e. The number of para-hydroxylation sites is 1. The average Bonchev–Trinajstić information content (AvgIpc) is 3.44. The number of hydrogen-bond acceptors (Lipinski definition) is 5. The number of ether oxygens (including phenoxy) is 1. The number of carbonyl (C=O) groups is 1. The van der Waals surface area contributed by atoms with Crippen LogP contribution in [0.25, 0.3) is 32.5 Å². The fourth-order valence-electron chi connectivity index (χ4n) is 4.51. The van der Waals surface area contributed by atoms with E-state index < -0.39 is 6.04 Å². The van der Waals surface area contributed by atoms with Crippen LogP contribution in [-0.2, 0) is 4.79 Å². The monoisotopic (exact) mass is 543 g/mol. The third kappa shape index (κ3) is 5.15. The van der Waals surface area contributed by atoms with E-state index in [1.807, 2.05) is 66.0 Å². The quantitative estimate of drug-likeness (QED) is 0.223. The van der Waals surface area contributed by atoms with E-state index in [2.05, 4.69) is 34.6 Å². The minimum Gasteiger partial charge on any atom is -0.457 e. The molecule has 196 valence electrons. The molecule has 0 aliphatic heterocycles. The number of aromatic nitrogens is 2. The molecule has 6 aromatic rings. The lowest BCUT2D eigenvalue weighted by atomic mass is 10.0. The third-order valence-corrected chi connectivity index (χ3v) is 7.61. The van der Waals surface area contributed by atoms with Crippen molar-refractivity contribution < 1.29 is 9.53 Å². The maximum atomic E-state index is 13.6. The SMILES string of the molecule is CC(C(=O)Nc1ccc(Oc2ccccc2)cc1)n1cnc2scc(-c3ccc(-c4ccccc4)cc3)c2c1=O. The second-order valence-electron chi connectivity index (χ2n) is 9.33. The Morgan fingerprint density at radius 2 is 1.40 bits per heavy atom. The summed E-state index contributed by atoms with van der Waals surface area (Å²) in [6.45, 7) is 1.69. The molecule has 6 rings (SSSR count). The molecule has 0 fully saturated rings. The summed E-state index contributed by atoms with van der Waals surface area (Å²) in [5, 5.41) is 5.35. The fraction of sp³-hybridized carbons (Fsp3) is 0.0606. The molecule has 0 aliphatic rings. The van der Waals surface area contributed by atoms with Gasteiger partial charge in [0.25, 0.3) is 5.56 Å². The highest BCUT2D eigenvalue weighted by atomic mass is 32.1. The van der Waals surface area contributed by atoms with Gasteiger partial charge in [0.15, 0.2) is 0 Å². The Morgan fingerprint density at radius 1 is 0.800 bits per heavy atom. The standard InChI is InChI=1S/C33H25N3O3S/c1-22(31(37)35-26-16-18-28(19-17-26)39-27-10-6-3-7-11-27)36-21-34-32-30(33(36)38)29(20-40-32)25-14-12-24(13-15-25)23-8-4-2-5-9-23/h2-22H,1H3,(H,35,37). The van der Waals surface area contributed by atoms with Gasteiger partial charge >= 0.3 is 0 Å². The minimum atomic E-state index is -0.766. The first-order chi connectivity index (χ1) is 19.6. The molecule has 1 atom stereocenters. The number of amides is 1. The van der Waals surface area contributed by atoms with Gasteiger partial charge in [-0.3, -0.25) is 14.2 Å². The van der Waals surface area contributed by atoms with E-state index in [9.17, 15) is 9.59 Å². The van der Waals surface area contributed by atoms with Gasteiger partial charge in [0.05, 0.1) is 11.7 Å². The molecule has 1 N–H and O–H groups in total. The van der Waals surface area contributed by atoms with Crippen molar-refractivity contribution >= 4 is 33.1 Å². The molecule has 0 aliphatic carbocycles. The summed E-state index contributed by atoms with van der Waals surface area (Å²) in [7, 11) is 0. The lowest BCUT2D eigenvalue weighted by molar-refractivity contribution is -0.118. The smallest absolute Gasteiger partial charge is 0.263 e. The van der Waals surface area contributed by atoms with E-state index in [1.165, 1.54) is 22.2 Å². The van der Waals surface area contributed by atoms with E-state index in [1.54, 1.807) is 31.2 Å². The van der Waals surface area contributed by atoms with Crippen molar-refractivity contribution in [1.82, 2.24) is 9.55 Å². The van der Waals surface area contributed by atoms with Gasteiger partial charge in [-0.25, -0.2) is 4.98 Å². The van der Waals surface area contributed by atoms with Gasteiger partial charge in [0.1, 0.15) is 22.4 Å². The van der Waals surface area contributed by atoms with Crippen molar-refractivity contribution in [1.29, 1.82) is 0 Å². The second-order valence-corrected chi connectivity index (χ2v) is 10.2. The maximum Gasteiger partial charge on any atom is 0.263 e. The van der Waals surface area contributed by atoms with Crippen molar-refractivity contribution in [2.45, 2.75) is 13.0 Å².